The molecule has 0 radical (unpaired) electrons. The van der Waals surface area contributed by atoms with Gasteiger partial charge in [0, 0.05) is 5.69 Å². The van der Waals surface area contributed by atoms with Gasteiger partial charge >= 0.3 is 5.97 Å². The van der Waals surface area contributed by atoms with E-state index in [0.717, 1.165) is 0 Å². The number of carbonyl (C=O) groups excluding carboxylic acids is 3. The Kier molecular flexibility index (Phi) is 3.76. The Hall–Kier alpha value is -3.55. The van der Waals surface area contributed by atoms with Gasteiger partial charge in [0.25, 0.3) is 17.5 Å². The number of pyridine rings is 1. The van der Waals surface area contributed by atoms with Gasteiger partial charge in [0.1, 0.15) is 0 Å². The Morgan fingerprint density at radius 3 is 2.37 bits per heavy atom. The second-order valence-electron chi connectivity index (χ2n) is 6.54. The second kappa shape index (κ2) is 6.01. The minimum absolute atomic E-state index is 0.0263. The van der Waals surface area contributed by atoms with E-state index >= 15 is 0 Å². The summed E-state index contributed by atoms with van der Waals surface area (Å²) < 4.78 is 5.23. The molecule has 1 aliphatic rings. The highest BCUT2D eigenvalue weighted by Crippen LogP contribution is 2.29. The summed E-state index contributed by atoms with van der Waals surface area (Å²) in [4.78, 5) is 47.0. The maximum atomic E-state index is 12.8. The molecule has 2 aromatic heterocycles. The number of hydrogen-bond acceptors (Lipinski definition) is 7. The highest BCUT2D eigenvalue weighted by atomic mass is 16.7. The highest BCUT2D eigenvalue weighted by molar-refractivity contribution is 6.21. The van der Waals surface area contributed by atoms with E-state index in [-0.39, 0.29) is 28.3 Å². The van der Waals surface area contributed by atoms with Gasteiger partial charge in [-0.2, -0.15) is 0 Å². The summed E-state index contributed by atoms with van der Waals surface area (Å²) in [5.74, 6) is -2.24. The van der Waals surface area contributed by atoms with E-state index in [9.17, 15) is 14.4 Å². The Balaban J connectivity index is 1.74. The number of carbonyl (C=O) groups is 3. The van der Waals surface area contributed by atoms with Gasteiger partial charge in [0.2, 0.25) is 0 Å². The first-order valence-corrected chi connectivity index (χ1v) is 8.35. The van der Waals surface area contributed by atoms with Crippen molar-refractivity contribution in [3.05, 3.63) is 58.4 Å². The van der Waals surface area contributed by atoms with Crippen molar-refractivity contribution in [3.8, 4) is 0 Å². The molecule has 3 aromatic rings. The molecule has 0 spiro atoms. The van der Waals surface area contributed by atoms with E-state index in [1.807, 2.05) is 13.8 Å². The maximum absolute atomic E-state index is 12.8. The summed E-state index contributed by atoms with van der Waals surface area (Å²) in [5, 5.41) is 4.88. The summed E-state index contributed by atoms with van der Waals surface area (Å²) in [5.41, 5.74) is 1.79. The van der Waals surface area contributed by atoms with Crippen molar-refractivity contribution in [2.75, 3.05) is 0 Å². The van der Waals surface area contributed by atoms with Crippen LogP contribution in [0.2, 0.25) is 0 Å². The number of benzene rings is 1. The molecule has 0 unspecified atom stereocenters. The molecule has 0 N–H and O–H groups in total. The largest absolute Gasteiger partial charge is 0.364 e. The van der Waals surface area contributed by atoms with E-state index in [4.69, 9.17) is 9.36 Å². The maximum Gasteiger partial charge on any atom is 0.364 e. The second-order valence-corrected chi connectivity index (χ2v) is 6.54. The molecule has 1 aliphatic heterocycles. The number of imide groups is 1. The molecule has 0 fully saturated rings. The van der Waals surface area contributed by atoms with Gasteiger partial charge in [-0.15, -0.1) is 0 Å². The zero-order valence-corrected chi connectivity index (χ0v) is 14.8. The van der Waals surface area contributed by atoms with Crippen LogP contribution in [0.3, 0.4) is 0 Å². The van der Waals surface area contributed by atoms with Gasteiger partial charge in [-0.05, 0) is 31.0 Å². The monoisotopic (exact) mass is 365 g/mol. The average Bonchev–Trinajstić information content (AvgIpc) is 3.16. The fourth-order valence-electron chi connectivity index (χ4n) is 3.03. The molecule has 2 amide bonds. The lowest BCUT2D eigenvalue weighted by Gasteiger charge is -2.13. The topological polar surface area (TPSA) is 103 Å². The molecule has 8 heteroatoms. The van der Waals surface area contributed by atoms with Crippen LogP contribution in [0.5, 0.6) is 0 Å². The van der Waals surface area contributed by atoms with Gasteiger partial charge in [-0.3, -0.25) is 9.59 Å². The minimum atomic E-state index is -0.856. The molecule has 1 aromatic carbocycles. The van der Waals surface area contributed by atoms with Gasteiger partial charge in [0.15, 0.2) is 0 Å². The van der Waals surface area contributed by atoms with E-state index in [1.165, 1.54) is 18.2 Å². The summed E-state index contributed by atoms with van der Waals surface area (Å²) >= 11 is 0. The number of amides is 2. The third-order valence-corrected chi connectivity index (χ3v) is 4.30. The van der Waals surface area contributed by atoms with Gasteiger partial charge in [-0.25, -0.2) is 9.78 Å². The van der Waals surface area contributed by atoms with Crippen molar-refractivity contribution in [3.63, 3.8) is 0 Å². The number of hydrogen-bond donors (Lipinski definition) is 0. The number of nitrogens with zero attached hydrogens (tertiary/aromatic N) is 3. The minimum Gasteiger partial charge on any atom is -0.335 e. The molecule has 0 atom stereocenters. The summed E-state index contributed by atoms with van der Waals surface area (Å²) in [6, 6.07) is 7.81. The quantitative estimate of drug-likeness (QED) is 0.657. The number of rotatable bonds is 3. The summed E-state index contributed by atoms with van der Waals surface area (Å²) in [7, 11) is 0. The van der Waals surface area contributed by atoms with Crippen molar-refractivity contribution >= 4 is 28.9 Å². The molecule has 27 heavy (non-hydrogen) atoms. The van der Waals surface area contributed by atoms with Crippen molar-refractivity contribution < 1.29 is 23.7 Å². The van der Waals surface area contributed by atoms with Crippen LogP contribution in [0, 0.1) is 6.92 Å². The van der Waals surface area contributed by atoms with Crippen LogP contribution in [0.4, 0.5) is 0 Å². The molecule has 0 bridgehead atoms. The fourth-order valence-corrected chi connectivity index (χ4v) is 3.03. The molecule has 8 nitrogen and oxygen atoms in total. The molecule has 0 aliphatic carbocycles. The number of hydroxylamine groups is 2. The SMILES string of the molecule is Cc1cc(C(=O)ON2C(=O)c3ccccc3C2=O)c2c(C(C)C)noc2n1. The van der Waals surface area contributed by atoms with Gasteiger partial charge in [-0.1, -0.05) is 36.2 Å². The Morgan fingerprint density at radius 1 is 1.15 bits per heavy atom. The summed E-state index contributed by atoms with van der Waals surface area (Å²) in [6.07, 6.45) is 0. The lowest BCUT2D eigenvalue weighted by Crippen LogP contribution is -2.32. The third kappa shape index (κ3) is 2.57. The van der Waals surface area contributed by atoms with Crippen molar-refractivity contribution in [2.45, 2.75) is 26.7 Å². The predicted molar refractivity (Wildman–Crippen MR) is 93.0 cm³/mol. The Morgan fingerprint density at radius 2 is 1.78 bits per heavy atom. The van der Waals surface area contributed by atoms with Crippen LogP contribution >= 0.6 is 0 Å². The zero-order chi connectivity index (χ0) is 19.3. The van der Waals surface area contributed by atoms with E-state index in [2.05, 4.69) is 10.1 Å². The van der Waals surface area contributed by atoms with Gasteiger partial charge in [0.05, 0.1) is 27.8 Å². The van der Waals surface area contributed by atoms with Crippen molar-refractivity contribution in [2.24, 2.45) is 0 Å². The molecule has 4 rings (SSSR count). The first kappa shape index (κ1) is 16.9. The van der Waals surface area contributed by atoms with Crippen LogP contribution in [-0.2, 0) is 4.84 Å². The normalized spacial score (nSPS) is 13.6. The highest BCUT2D eigenvalue weighted by Gasteiger charge is 2.39. The van der Waals surface area contributed by atoms with Crippen LogP contribution in [-0.4, -0.2) is 33.0 Å². The van der Waals surface area contributed by atoms with Crippen molar-refractivity contribution in [1.82, 2.24) is 15.2 Å². The predicted octanol–water partition coefficient (Wildman–Crippen LogP) is 3.02. The van der Waals surface area contributed by atoms with Gasteiger partial charge < -0.3 is 9.36 Å². The summed E-state index contributed by atoms with van der Waals surface area (Å²) in [6.45, 7) is 5.49. The molecule has 0 saturated carbocycles. The number of aryl methyl sites for hydroxylation is 1. The fraction of sp³-hybridized carbons (Fsp3) is 0.211. The van der Waals surface area contributed by atoms with Crippen LogP contribution in [0.1, 0.15) is 62.2 Å². The first-order chi connectivity index (χ1) is 12.9. The zero-order valence-electron chi connectivity index (χ0n) is 14.8. The molecular formula is C19H15N3O5. The molecule has 136 valence electrons. The van der Waals surface area contributed by atoms with Crippen LogP contribution in [0.15, 0.2) is 34.9 Å². The van der Waals surface area contributed by atoms with Crippen molar-refractivity contribution in [1.29, 1.82) is 0 Å². The van der Waals surface area contributed by atoms with Crippen LogP contribution < -0.4 is 0 Å². The third-order valence-electron chi connectivity index (χ3n) is 4.30. The molecule has 0 saturated heterocycles. The van der Waals surface area contributed by atoms with E-state index in [0.29, 0.717) is 21.8 Å². The van der Waals surface area contributed by atoms with E-state index in [1.54, 1.807) is 19.1 Å². The average molecular weight is 365 g/mol. The lowest BCUT2D eigenvalue weighted by atomic mass is 10.0. The van der Waals surface area contributed by atoms with Crippen LogP contribution in [0.25, 0.3) is 11.1 Å². The smallest absolute Gasteiger partial charge is 0.335 e. The standard InChI is InChI=1S/C19H15N3O5/c1-9(2)15-14-13(8-10(3)20-16(14)26-21-15)19(25)27-22-17(23)11-6-4-5-7-12(11)18(22)24/h4-9H,1-3H3. The van der Waals surface area contributed by atoms with E-state index < -0.39 is 17.8 Å². The molecular weight excluding hydrogens is 350 g/mol. The Bertz CT molecular complexity index is 1080. The first-order valence-electron chi connectivity index (χ1n) is 8.35. The number of aromatic nitrogens is 2. The lowest BCUT2D eigenvalue weighted by molar-refractivity contribution is -0.0583. The number of fused-ring (bicyclic) bond motifs is 2. The Labute approximate surface area is 153 Å². The molecule has 3 heterocycles.